The van der Waals surface area contributed by atoms with E-state index in [2.05, 4.69) is 5.32 Å². The van der Waals surface area contributed by atoms with Gasteiger partial charge in [-0.05, 0) is 38.1 Å². The molecule has 0 spiro atoms. The van der Waals surface area contributed by atoms with E-state index in [-0.39, 0.29) is 22.5 Å². The molecule has 1 heterocycles. The van der Waals surface area contributed by atoms with E-state index in [1.807, 2.05) is 0 Å². The fourth-order valence-corrected chi connectivity index (χ4v) is 4.45. The molecule has 1 N–H and O–H groups in total. The van der Waals surface area contributed by atoms with Crippen LogP contribution in [0.25, 0.3) is 0 Å². The zero-order valence-corrected chi connectivity index (χ0v) is 17.0. The van der Waals surface area contributed by atoms with Crippen molar-refractivity contribution in [2.24, 2.45) is 0 Å². The molecular formula is C17H24N2O6S2. The zero-order chi connectivity index (χ0) is 19.9. The molecule has 8 nitrogen and oxygen atoms in total. The molecule has 0 aliphatic carbocycles. The third kappa shape index (κ3) is 6.20. The standard InChI is InChI=1S/C17H24N2O6S2/c1-3-25-16(20)12-26-13(2)17(21)18-14-4-6-15(7-5-14)27(22,23)19-8-10-24-11-9-19/h4-7,13H,3,8-12H2,1-2H3,(H,18,21)/t13-/m0/s1. The van der Waals surface area contributed by atoms with Crippen molar-refractivity contribution in [3.8, 4) is 0 Å². The van der Waals surface area contributed by atoms with Crippen molar-refractivity contribution in [2.45, 2.75) is 24.0 Å². The van der Waals surface area contributed by atoms with Crippen molar-refractivity contribution in [2.75, 3.05) is 44.0 Å². The summed E-state index contributed by atoms with van der Waals surface area (Å²) in [4.78, 5) is 23.7. The summed E-state index contributed by atoms with van der Waals surface area (Å²) in [5, 5.41) is 2.26. The topological polar surface area (TPSA) is 102 Å². The van der Waals surface area contributed by atoms with E-state index in [1.165, 1.54) is 28.2 Å². The van der Waals surface area contributed by atoms with E-state index in [0.717, 1.165) is 0 Å². The van der Waals surface area contributed by atoms with Crippen LogP contribution in [0.4, 0.5) is 5.69 Å². The first kappa shape index (κ1) is 21.7. The van der Waals surface area contributed by atoms with Crippen LogP contribution < -0.4 is 5.32 Å². The number of hydrogen-bond donors (Lipinski definition) is 1. The first-order valence-electron chi connectivity index (χ1n) is 8.60. The Morgan fingerprint density at radius 2 is 1.89 bits per heavy atom. The molecule has 1 saturated heterocycles. The Morgan fingerprint density at radius 3 is 2.48 bits per heavy atom. The second-order valence-corrected chi connectivity index (χ2v) is 9.06. The number of carbonyl (C=O) groups is 2. The second-order valence-electron chi connectivity index (χ2n) is 5.79. The van der Waals surface area contributed by atoms with Crippen molar-refractivity contribution in [3.63, 3.8) is 0 Å². The maximum atomic E-state index is 12.6. The Morgan fingerprint density at radius 1 is 1.26 bits per heavy atom. The average Bonchev–Trinajstić information content (AvgIpc) is 2.67. The Hall–Kier alpha value is -1.62. The lowest BCUT2D eigenvalue weighted by molar-refractivity contribution is -0.139. The molecule has 1 fully saturated rings. The van der Waals surface area contributed by atoms with Crippen molar-refractivity contribution >= 4 is 39.3 Å². The summed E-state index contributed by atoms with van der Waals surface area (Å²) >= 11 is 1.18. The Labute approximate surface area is 163 Å². The average molecular weight is 417 g/mol. The van der Waals surface area contributed by atoms with Gasteiger partial charge in [-0.15, -0.1) is 11.8 Å². The van der Waals surface area contributed by atoms with Gasteiger partial charge in [-0.25, -0.2) is 8.42 Å². The predicted octanol–water partition coefficient (Wildman–Crippen LogP) is 1.33. The molecule has 1 aliphatic heterocycles. The lowest BCUT2D eigenvalue weighted by atomic mass is 10.3. The Balaban J connectivity index is 1.92. The number of nitrogens with zero attached hydrogens (tertiary/aromatic N) is 1. The first-order chi connectivity index (χ1) is 12.8. The van der Waals surface area contributed by atoms with Crippen molar-refractivity contribution in [1.82, 2.24) is 4.31 Å². The van der Waals surface area contributed by atoms with E-state index < -0.39 is 15.3 Å². The van der Waals surface area contributed by atoms with Gasteiger partial charge in [-0.1, -0.05) is 0 Å². The number of anilines is 1. The normalized spacial score (nSPS) is 16.5. The quantitative estimate of drug-likeness (QED) is 0.638. The molecule has 0 unspecified atom stereocenters. The van der Waals surface area contributed by atoms with Gasteiger partial charge >= 0.3 is 5.97 Å². The van der Waals surface area contributed by atoms with Gasteiger partial charge in [0, 0.05) is 18.8 Å². The van der Waals surface area contributed by atoms with Gasteiger partial charge in [0.1, 0.15) is 0 Å². The summed E-state index contributed by atoms with van der Waals surface area (Å²) in [5.41, 5.74) is 0.490. The van der Waals surface area contributed by atoms with Crippen LogP contribution in [0.5, 0.6) is 0 Å². The van der Waals surface area contributed by atoms with Crippen LogP contribution in [0.1, 0.15) is 13.8 Å². The predicted molar refractivity (Wildman–Crippen MR) is 103 cm³/mol. The van der Waals surface area contributed by atoms with E-state index >= 15 is 0 Å². The molecule has 0 radical (unpaired) electrons. The van der Waals surface area contributed by atoms with E-state index in [4.69, 9.17) is 9.47 Å². The number of morpholine rings is 1. The number of benzene rings is 1. The molecule has 10 heteroatoms. The van der Waals surface area contributed by atoms with Gasteiger partial charge in [0.05, 0.1) is 35.7 Å². The minimum atomic E-state index is -3.56. The third-order valence-electron chi connectivity index (χ3n) is 3.86. The molecule has 1 aromatic rings. The largest absolute Gasteiger partial charge is 0.465 e. The number of nitrogens with one attached hydrogen (secondary N) is 1. The zero-order valence-electron chi connectivity index (χ0n) is 15.3. The highest BCUT2D eigenvalue weighted by Crippen LogP contribution is 2.20. The van der Waals surface area contributed by atoms with Gasteiger partial charge in [0.25, 0.3) is 0 Å². The lowest BCUT2D eigenvalue weighted by Crippen LogP contribution is -2.40. The number of sulfonamides is 1. The molecule has 1 amide bonds. The fourth-order valence-electron chi connectivity index (χ4n) is 2.36. The number of rotatable bonds is 8. The Bertz CT molecular complexity index is 745. The molecule has 1 atom stereocenters. The second kappa shape index (κ2) is 10.1. The number of carbonyl (C=O) groups excluding carboxylic acids is 2. The highest BCUT2D eigenvalue weighted by Gasteiger charge is 2.26. The number of hydrogen-bond acceptors (Lipinski definition) is 7. The molecular weight excluding hydrogens is 392 g/mol. The number of esters is 1. The van der Waals surface area contributed by atoms with Crippen molar-refractivity contribution in [3.05, 3.63) is 24.3 Å². The van der Waals surface area contributed by atoms with Gasteiger partial charge < -0.3 is 14.8 Å². The summed E-state index contributed by atoms with van der Waals surface area (Å²) in [6, 6.07) is 6.04. The number of thioether (sulfide) groups is 1. The number of amides is 1. The highest BCUT2D eigenvalue weighted by atomic mass is 32.2. The molecule has 27 heavy (non-hydrogen) atoms. The van der Waals surface area contributed by atoms with E-state index in [1.54, 1.807) is 26.0 Å². The van der Waals surface area contributed by atoms with Crippen molar-refractivity contribution in [1.29, 1.82) is 0 Å². The third-order valence-corrected chi connectivity index (χ3v) is 6.88. The molecule has 1 aromatic carbocycles. The molecule has 0 aromatic heterocycles. The smallest absolute Gasteiger partial charge is 0.315 e. The minimum absolute atomic E-state index is 0.0964. The van der Waals surface area contributed by atoms with Crippen molar-refractivity contribution < 1.29 is 27.5 Å². The SMILES string of the molecule is CCOC(=O)CS[C@@H](C)C(=O)Nc1ccc(S(=O)(=O)N2CCOCC2)cc1. The van der Waals surface area contributed by atoms with Crippen LogP contribution in [0.2, 0.25) is 0 Å². The molecule has 0 bridgehead atoms. The summed E-state index contributed by atoms with van der Waals surface area (Å²) in [7, 11) is -3.56. The number of ether oxygens (including phenoxy) is 2. The van der Waals surface area contributed by atoms with Gasteiger partial charge in [0.2, 0.25) is 15.9 Å². The van der Waals surface area contributed by atoms with Crippen LogP contribution in [0.15, 0.2) is 29.2 Å². The van der Waals surface area contributed by atoms with Gasteiger partial charge in [0.15, 0.2) is 0 Å². The molecule has 1 aliphatic rings. The Kier molecular flexibility index (Phi) is 8.08. The van der Waals surface area contributed by atoms with Crippen LogP contribution in [0.3, 0.4) is 0 Å². The van der Waals surface area contributed by atoms with Gasteiger partial charge in [-0.2, -0.15) is 4.31 Å². The summed E-state index contributed by atoms with van der Waals surface area (Å²) in [6.07, 6.45) is 0. The monoisotopic (exact) mass is 416 g/mol. The van der Waals surface area contributed by atoms with E-state index in [0.29, 0.717) is 38.6 Å². The molecule has 0 saturated carbocycles. The highest BCUT2D eigenvalue weighted by molar-refractivity contribution is 8.01. The maximum Gasteiger partial charge on any atom is 0.315 e. The van der Waals surface area contributed by atoms with Crippen LogP contribution in [-0.4, -0.2) is 68.5 Å². The first-order valence-corrected chi connectivity index (χ1v) is 11.1. The summed E-state index contributed by atoms with van der Waals surface area (Å²) in [5.74, 6) is -0.535. The molecule has 2 rings (SSSR count). The van der Waals surface area contributed by atoms with Crippen LogP contribution in [-0.2, 0) is 29.1 Å². The summed E-state index contributed by atoms with van der Waals surface area (Å²) in [6.45, 7) is 5.15. The molecule has 150 valence electrons. The fraction of sp³-hybridized carbons (Fsp3) is 0.529. The summed E-state index contributed by atoms with van der Waals surface area (Å²) < 4.78 is 36.5. The van der Waals surface area contributed by atoms with E-state index in [9.17, 15) is 18.0 Å². The van der Waals surface area contributed by atoms with Gasteiger partial charge in [-0.3, -0.25) is 9.59 Å². The lowest BCUT2D eigenvalue weighted by Gasteiger charge is -2.26. The minimum Gasteiger partial charge on any atom is -0.465 e. The maximum absolute atomic E-state index is 12.6. The van der Waals surface area contributed by atoms with Crippen LogP contribution >= 0.6 is 11.8 Å². The van der Waals surface area contributed by atoms with Crippen LogP contribution in [0, 0.1) is 0 Å².